The van der Waals surface area contributed by atoms with Gasteiger partial charge in [-0.15, -0.1) is 0 Å². The molecule has 1 aromatic rings. The molecule has 0 aliphatic carbocycles. The molecule has 0 N–H and O–H groups in total. The van der Waals surface area contributed by atoms with Crippen LogP contribution < -0.4 is 0 Å². The second-order valence-corrected chi connectivity index (χ2v) is 1.61. The molecule has 45 valence electrons. The molecular formula is C8H8Sb. The fourth-order valence-electron chi connectivity index (χ4n) is 0.589. The first-order chi connectivity index (χ1) is 3.93. The summed E-state index contributed by atoms with van der Waals surface area (Å²) in [6.45, 7) is 3.63. The van der Waals surface area contributed by atoms with Crippen LogP contribution in [0.2, 0.25) is 0 Å². The third-order valence-electron chi connectivity index (χ3n) is 1.04. The Hall–Kier alpha value is -0.222. The van der Waals surface area contributed by atoms with Gasteiger partial charge in [0.15, 0.2) is 0 Å². The van der Waals surface area contributed by atoms with E-state index >= 15 is 0 Å². The van der Waals surface area contributed by atoms with E-state index in [0.717, 1.165) is 0 Å². The number of rotatable bonds is 1. The van der Waals surface area contributed by atoms with E-state index in [-0.39, 0.29) is 24.4 Å². The van der Waals surface area contributed by atoms with Crippen molar-refractivity contribution >= 4 is 30.5 Å². The molecule has 0 bridgehead atoms. The van der Waals surface area contributed by atoms with Crippen molar-refractivity contribution in [2.75, 3.05) is 0 Å². The van der Waals surface area contributed by atoms with Gasteiger partial charge in [-0.25, -0.2) is 0 Å². The minimum Gasteiger partial charge on any atom is -0.0985 e. The summed E-state index contributed by atoms with van der Waals surface area (Å²) in [4.78, 5) is 0. The fourth-order valence-corrected chi connectivity index (χ4v) is 0.589. The van der Waals surface area contributed by atoms with Crippen LogP contribution in [0.3, 0.4) is 0 Å². The Labute approximate surface area is 73.0 Å². The van der Waals surface area contributed by atoms with Crippen molar-refractivity contribution in [3.8, 4) is 0 Å². The van der Waals surface area contributed by atoms with E-state index in [2.05, 4.69) is 6.58 Å². The Balaban J connectivity index is 0.000000640. The standard InChI is InChI=1S/C8H8.Sb/c1-2-8-6-4-3-5-7-8;/h2-7H,1H2;. The molecule has 0 amide bonds. The molecule has 3 radical (unpaired) electrons. The first-order valence-corrected chi connectivity index (χ1v) is 2.61. The van der Waals surface area contributed by atoms with Crippen molar-refractivity contribution in [2.24, 2.45) is 0 Å². The molecule has 0 aliphatic heterocycles. The topological polar surface area (TPSA) is 0 Å². The second kappa shape index (κ2) is 4.64. The molecule has 0 atom stereocenters. The molecule has 1 aromatic carbocycles. The second-order valence-electron chi connectivity index (χ2n) is 1.61. The van der Waals surface area contributed by atoms with Crippen LogP contribution in [0.1, 0.15) is 5.56 Å². The van der Waals surface area contributed by atoms with Gasteiger partial charge in [0.1, 0.15) is 0 Å². The predicted molar refractivity (Wildman–Crippen MR) is 42.3 cm³/mol. The van der Waals surface area contributed by atoms with Crippen LogP contribution in [-0.4, -0.2) is 24.4 Å². The van der Waals surface area contributed by atoms with Gasteiger partial charge in [-0.3, -0.25) is 0 Å². The van der Waals surface area contributed by atoms with Crippen LogP contribution in [-0.2, 0) is 0 Å². The fraction of sp³-hybridized carbons (Fsp3) is 0. The maximum atomic E-state index is 3.63. The first kappa shape index (κ1) is 8.78. The Morgan fingerprint density at radius 3 is 2.00 bits per heavy atom. The minimum absolute atomic E-state index is 0. The molecule has 0 heterocycles. The van der Waals surface area contributed by atoms with Gasteiger partial charge in [0.2, 0.25) is 0 Å². The summed E-state index contributed by atoms with van der Waals surface area (Å²) < 4.78 is 0. The summed E-state index contributed by atoms with van der Waals surface area (Å²) >= 11 is 0. The molecule has 0 unspecified atom stereocenters. The summed E-state index contributed by atoms with van der Waals surface area (Å²) in [7, 11) is 0. The van der Waals surface area contributed by atoms with Gasteiger partial charge in [-0.05, 0) is 5.56 Å². The zero-order chi connectivity index (χ0) is 5.82. The van der Waals surface area contributed by atoms with Crippen molar-refractivity contribution in [1.29, 1.82) is 0 Å². The van der Waals surface area contributed by atoms with E-state index < -0.39 is 0 Å². The number of benzene rings is 1. The van der Waals surface area contributed by atoms with Gasteiger partial charge < -0.3 is 0 Å². The van der Waals surface area contributed by atoms with Crippen LogP contribution in [0.25, 0.3) is 6.08 Å². The van der Waals surface area contributed by atoms with Gasteiger partial charge in [0.25, 0.3) is 0 Å². The quantitative estimate of drug-likeness (QED) is 0.642. The zero-order valence-electron chi connectivity index (χ0n) is 5.12. The van der Waals surface area contributed by atoms with E-state index in [4.69, 9.17) is 0 Å². The molecule has 0 saturated carbocycles. The summed E-state index contributed by atoms with van der Waals surface area (Å²) in [5, 5.41) is 0. The summed E-state index contributed by atoms with van der Waals surface area (Å²) in [6.07, 6.45) is 1.83. The van der Waals surface area contributed by atoms with E-state index in [1.165, 1.54) is 5.56 Å². The minimum atomic E-state index is 0. The van der Waals surface area contributed by atoms with E-state index in [1.807, 2.05) is 36.4 Å². The average Bonchev–Trinajstić information content (AvgIpc) is 1.90. The first-order valence-electron chi connectivity index (χ1n) is 2.61. The maximum Gasteiger partial charge on any atom is 0 e. The Morgan fingerprint density at radius 2 is 1.67 bits per heavy atom. The molecule has 0 nitrogen and oxygen atoms in total. The van der Waals surface area contributed by atoms with Crippen LogP contribution >= 0.6 is 0 Å². The smallest absolute Gasteiger partial charge is 0 e. The number of hydrogen-bond acceptors (Lipinski definition) is 0. The van der Waals surface area contributed by atoms with E-state index in [0.29, 0.717) is 0 Å². The van der Waals surface area contributed by atoms with Gasteiger partial charge >= 0.3 is 0 Å². The van der Waals surface area contributed by atoms with Crippen molar-refractivity contribution in [2.45, 2.75) is 0 Å². The monoisotopic (exact) mass is 225 g/mol. The van der Waals surface area contributed by atoms with Crippen LogP contribution in [0.4, 0.5) is 0 Å². The Morgan fingerprint density at radius 1 is 1.11 bits per heavy atom. The summed E-state index contributed by atoms with van der Waals surface area (Å²) in [5.74, 6) is 0. The Bertz CT molecular complexity index is 167. The molecule has 9 heavy (non-hydrogen) atoms. The third kappa shape index (κ3) is 2.72. The molecule has 0 spiro atoms. The third-order valence-corrected chi connectivity index (χ3v) is 1.04. The Kier molecular flexibility index (Phi) is 4.52. The molecule has 0 aliphatic rings. The molecule has 1 heteroatoms. The molecular weight excluding hydrogens is 218 g/mol. The molecule has 1 rings (SSSR count). The number of hydrogen-bond donors (Lipinski definition) is 0. The van der Waals surface area contributed by atoms with Crippen LogP contribution in [0, 0.1) is 0 Å². The van der Waals surface area contributed by atoms with Gasteiger partial charge in [0.05, 0.1) is 0 Å². The van der Waals surface area contributed by atoms with Crippen molar-refractivity contribution in [1.82, 2.24) is 0 Å². The summed E-state index contributed by atoms with van der Waals surface area (Å²) in [5.41, 5.74) is 1.17. The molecule has 0 fully saturated rings. The van der Waals surface area contributed by atoms with Gasteiger partial charge in [0, 0.05) is 24.4 Å². The maximum absolute atomic E-state index is 3.63. The zero-order valence-corrected chi connectivity index (χ0v) is 7.67. The van der Waals surface area contributed by atoms with E-state index in [1.54, 1.807) is 0 Å². The SMILES string of the molecule is C=Cc1ccccc1.[Sb]. The van der Waals surface area contributed by atoms with Crippen molar-refractivity contribution < 1.29 is 0 Å². The van der Waals surface area contributed by atoms with E-state index in [9.17, 15) is 0 Å². The van der Waals surface area contributed by atoms with Crippen LogP contribution in [0.5, 0.6) is 0 Å². The molecule has 0 saturated heterocycles. The largest absolute Gasteiger partial charge is 0.0985 e. The van der Waals surface area contributed by atoms with Crippen molar-refractivity contribution in [3.05, 3.63) is 42.5 Å². The summed E-state index contributed by atoms with van der Waals surface area (Å²) in [6, 6.07) is 10.0. The molecule has 0 aromatic heterocycles. The van der Waals surface area contributed by atoms with Crippen LogP contribution in [0.15, 0.2) is 36.9 Å². The van der Waals surface area contributed by atoms with Crippen molar-refractivity contribution in [3.63, 3.8) is 0 Å². The average molecular weight is 226 g/mol. The predicted octanol–water partition coefficient (Wildman–Crippen LogP) is 1.95. The normalized spacial score (nSPS) is 7.56. The van der Waals surface area contributed by atoms with Gasteiger partial charge in [-0.1, -0.05) is 43.0 Å². The van der Waals surface area contributed by atoms with Gasteiger partial charge in [-0.2, -0.15) is 0 Å².